The van der Waals surface area contributed by atoms with Crippen LogP contribution in [-0.4, -0.2) is 290 Å². The highest BCUT2D eigenvalue weighted by molar-refractivity contribution is 8.07. The summed E-state index contributed by atoms with van der Waals surface area (Å²) < 4.78 is 10.9. The first kappa shape index (κ1) is 101. The van der Waals surface area contributed by atoms with E-state index >= 15 is 19.2 Å². The van der Waals surface area contributed by atoms with Crippen LogP contribution in [0.3, 0.4) is 0 Å². The van der Waals surface area contributed by atoms with E-state index in [1.54, 1.807) is 91.1 Å². The fourth-order valence-electron chi connectivity index (χ4n) is 13.8. The van der Waals surface area contributed by atoms with Crippen molar-refractivity contribution in [1.29, 1.82) is 5.41 Å². The van der Waals surface area contributed by atoms with Gasteiger partial charge in [-0.15, -0.1) is 24.1 Å². The van der Waals surface area contributed by atoms with Crippen LogP contribution in [0.4, 0.5) is 0 Å². The van der Waals surface area contributed by atoms with E-state index in [9.17, 15) is 77.7 Å². The number of hydrogen-bond acceptors (Lipinski definition) is 22. The second-order valence-corrected chi connectivity index (χ2v) is 34.3. The van der Waals surface area contributed by atoms with Gasteiger partial charge in [-0.3, -0.25) is 82.1 Å². The van der Waals surface area contributed by atoms with Crippen LogP contribution in [0.5, 0.6) is 5.75 Å². The predicted molar refractivity (Wildman–Crippen MR) is 464 cm³/mol. The van der Waals surface area contributed by atoms with Crippen LogP contribution in [0.2, 0.25) is 0 Å². The highest BCUT2D eigenvalue weighted by atomic mass is 32.5. The number of para-hydroxylation sites is 1. The molecule has 14 amide bonds. The van der Waals surface area contributed by atoms with Crippen molar-refractivity contribution in [2.75, 3.05) is 78.6 Å². The maximum absolute atomic E-state index is 15.5. The van der Waals surface area contributed by atoms with Crippen molar-refractivity contribution in [3.8, 4) is 18.1 Å². The number of phenols is 1. The third-order valence-corrected chi connectivity index (χ3v) is 23.1. The Bertz CT molecular complexity index is 4810. The van der Waals surface area contributed by atoms with Gasteiger partial charge in [-0.1, -0.05) is 105 Å². The first-order valence-corrected chi connectivity index (χ1v) is 44.2. The number of carboxylic acid groups (broad SMARTS) is 2. The number of carbonyl (C=O) groups is 16. The third-order valence-electron chi connectivity index (χ3n) is 20.5. The molecule has 1 aromatic heterocycles. The molecule has 2 aliphatic heterocycles. The Labute approximate surface area is 736 Å². The van der Waals surface area contributed by atoms with E-state index in [-0.39, 0.29) is 89.7 Å². The van der Waals surface area contributed by atoms with Gasteiger partial charge in [0.25, 0.3) is 0 Å². The van der Waals surface area contributed by atoms with Crippen molar-refractivity contribution < 1.29 is 106 Å². The highest BCUT2D eigenvalue weighted by Gasteiger charge is 2.44. The van der Waals surface area contributed by atoms with E-state index in [1.165, 1.54) is 71.1 Å². The van der Waals surface area contributed by atoms with Crippen LogP contribution in [0.15, 0.2) is 115 Å². The Morgan fingerprint density at radius 2 is 1.24 bits per heavy atom. The number of guanidine groups is 1. The van der Waals surface area contributed by atoms with Crippen molar-refractivity contribution in [2.45, 2.75) is 158 Å². The summed E-state index contributed by atoms with van der Waals surface area (Å²) in [5.41, 5.74) is 8.18. The fraction of sp³-hybridized carbons (Fsp3) is 0.458. The maximum Gasteiger partial charge on any atom is 0.324 e. The first-order chi connectivity index (χ1) is 59.8. The number of nitrogens with one attached hydrogen (secondary N) is 13. The van der Waals surface area contributed by atoms with Crippen molar-refractivity contribution in [3.63, 3.8) is 0 Å². The predicted octanol–water partition coefficient (Wildman–Crippen LogP) is -1.73. The lowest BCUT2D eigenvalue weighted by atomic mass is 10.00. The molecule has 19 N–H and O–H groups in total. The number of phenolic OH excluding ortho intramolecular Hbond substituents is 1. The molecular weight excluding hydrogens is 1700 g/mol. The summed E-state index contributed by atoms with van der Waals surface area (Å²) in [7, 11) is 3.84. The van der Waals surface area contributed by atoms with Crippen LogP contribution in [0.1, 0.15) is 88.0 Å². The average molecular weight is 1810 g/mol. The highest BCUT2D eigenvalue weighted by Crippen LogP contribution is 2.44. The quantitative estimate of drug-likeness (QED) is 0.0101. The van der Waals surface area contributed by atoms with Crippen molar-refractivity contribution >= 4 is 142 Å². The molecular formula is C83H109N18O22PS2. The molecule has 5 aromatic rings. The van der Waals surface area contributed by atoms with Gasteiger partial charge in [-0.2, -0.15) is 0 Å². The molecule has 0 aliphatic carbocycles. The van der Waals surface area contributed by atoms with E-state index < -0.39 is 224 Å². The zero-order valence-corrected chi connectivity index (χ0v) is 72.9. The maximum atomic E-state index is 15.5. The molecule has 43 heteroatoms. The molecule has 0 spiro atoms. The molecule has 2 saturated heterocycles. The minimum absolute atomic E-state index is 0.0139. The second-order valence-electron chi connectivity index (χ2n) is 30.5. The van der Waals surface area contributed by atoms with Gasteiger partial charge >= 0.3 is 18.7 Å². The fourth-order valence-corrected chi connectivity index (χ4v) is 15.8. The SMILES string of the molecule is C#CCCCOP(O)(=S)OC[C@@H]1NC(=O)[C@H](C(C)C)NC(=O)[C@H](CC(=O)O)NC(=O)[C@H](C)NC(=O)[C@@H](Cc2c[nH]c3ccccc23)NC(=O)CSC[C@@H](C(=O)NCC(=O)O)NC(=O)[C@@H]2CCCN2C(=O)[C@H](Cc2ccccc2)N(C)C(=O)[C@H](Cc2ccc(O)cc2)NC(=O)CN(C)C(=O)[C@H](Cc2ccccc2)N(C)C(=O)[C@H](CCCNC(=N)N)NC(=O)CNC1=O. The van der Waals surface area contributed by atoms with Gasteiger partial charge < -0.3 is 118 Å². The number of fused-ring (bicyclic) bond motifs is 2. The summed E-state index contributed by atoms with van der Waals surface area (Å²) in [5.74, 6) is -17.1. The number of unbranched alkanes of at least 4 members (excludes halogenated alkanes) is 1. The number of nitrogens with two attached hydrogens (primary N) is 1. The van der Waals surface area contributed by atoms with Gasteiger partial charge in [0, 0.05) is 89.2 Å². The molecule has 2 fully saturated rings. The number of H-pyrrole nitrogens is 1. The smallest absolute Gasteiger partial charge is 0.324 e. The number of terminal acetylenes is 1. The number of aromatic hydroxyl groups is 1. The molecule has 12 atom stereocenters. The van der Waals surface area contributed by atoms with Crippen molar-refractivity contribution in [1.82, 2.24) is 83.1 Å². The molecule has 3 heterocycles. The van der Waals surface area contributed by atoms with Crippen molar-refractivity contribution in [2.24, 2.45) is 11.7 Å². The molecule has 126 heavy (non-hydrogen) atoms. The van der Waals surface area contributed by atoms with E-state index in [4.69, 9.17) is 38.4 Å². The second kappa shape index (κ2) is 49.2. The number of aromatic nitrogens is 1. The van der Waals surface area contributed by atoms with Gasteiger partial charge in [0.15, 0.2) is 5.96 Å². The lowest BCUT2D eigenvalue weighted by Gasteiger charge is -2.35. The van der Waals surface area contributed by atoms with E-state index in [0.29, 0.717) is 33.2 Å². The van der Waals surface area contributed by atoms with Gasteiger partial charge in [0.2, 0.25) is 82.7 Å². The number of benzene rings is 4. The Hall–Kier alpha value is -12.6. The molecule has 4 aromatic carbocycles. The lowest BCUT2D eigenvalue weighted by Crippen LogP contribution is -2.61. The van der Waals surface area contributed by atoms with Crippen LogP contribution in [0, 0.1) is 23.7 Å². The molecule has 7 rings (SSSR count). The van der Waals surface area contributed by atoms with Crippen LogP contribution < -0.4 is 64.2 Å². The van der Waals surface area contributed by atoms with E-state index in [1.807, 2.05) is 0 Å². The minimum Gasteiger partial charge on any atom is -0.508 e. The van der Waals surface area contributed by atoms with E-state index in [2.05, 4.69) is 69.4 Å². The van der Waals surface area contributed by atoms with E-state index in [0.717, 1.165) is 26.5 Å². The minimum atomic E-state index is -4.28. The zero-order valence-electron chi connectivity index (χ0n) is 70.4. The normalized spacial score (nSPS) is 22.9. The van der Waals surface area contributed by atoms with Gasteiger partial charge in [0.1, 0.15) is 78.8 Å². The summed E-state index contributed by atoms with van der Waals surface area (Å²) in [5, 5.41) is 65.7. The number of rotatable bonds is 25. The number of aromatic amines is 1. The Morgan fingerprint density at radius 1 is 0.643 bits per heavy atom. The topological polar surface area (TPSA) is 583 Å². The molecule has 40 nitrogen and oxygen atoms in total. The van der Waals surface area contributed by atoms with Crippen LogP contribution >= 0.6 is 18.5 Å². The molecule has 1 unspecified atom stereocenters. The average Bonchev–Trinajstić information content (AvgIpc) is 1.66. The third kappa shape index (κ3) is 31.6. The van der Waals surface area contributed by atoms with Crippen LogP contribution in [-0.2, 0) is 123 Å². The summed E-state index contributed by atoms with van der Waals surface area (Å²) in [4.78, 5) is 248. The number of thioether (sulfide) groups is 1. The lowest BCUT2D eigenvalue weighted by molar-refractivity contribution is -0.149. The number of carboxylic acids is 2. The Kier molecular flexibility index (Phi) is 39.3. The van der Waals surface area contributed by atoms with Crippen molar-refractivity contribution in [3.05, 3.63) is 138 Å². The summed E-state index contributed by atoms with van der Waals surface area (Å²) in [6.45, 7) is -4.18. The summed E-state index contributed by atoms with van der Waals surface area (Å²) in [6.07, 6.45) is 5.36. The van der Waals surface area contributed by atoms with Gasteiger partial charge in [-0.25, -0.2) is 0 Å². The molecule has 0 radical (unpaired) electrons. The number of nitrogens with zero attached hydrogens (tertiary/aromatic N) is 4. The number of amides is 14. The number of aliphatic carboxylic acids is 2. The Balaban J connectivity index is 1.29. The zero-order chi connectivity index (χ0) is 92.5. The largest absolute Gasteiger partial charge is 0.508 e. The summed E-state index contributed by atoms with van der Waals surface area (Å²) in [6, 6.07) is 11.7. The molecule has 0 saturated carbocycles. The number of hydrogen-bond donors (Lipinski definition) is 18. The van der Waals surface area contributed by atoms with Gasteiger partial charge in [-0.05, 0) is 97.2 Å². The standard InChI is InChI=1S/C83H109N18O22PS2/c1-8-9-18-35-122-124(121,125)123-45-61-73(111)88-42-66(103)91-57(27-19-33-86-83(84)85)79(117)99(6)64(37-50-21-12-10-13-22-50)81(119)98(5)44-67(104)93-60(36-52-29-31-54(102)32-30-52)80(118)100(7)65(38-51-23-14-11-15-24-51)82(120)101-34-20-28-63(101)77(115)96-62(74(112)89-43-70(108)109)46-126-47-68(105)92-58(39-53-41-87-56-26-17-16-25-55(53)56)75(113)90-49(4)72(110)94-59(40-69(106)107)76(114)97-71(48(2)3)78(116)95-61/h1,10-17,21-26,29-32,41,48-49,57-65,71,87,102H,9,18-20,27-28,33-40,42-47H2,2-7H3,(H,88,111)(H,89,112)(H,90,113)(H,91,103)(H,92,105)(H,93,104)(H,94,110)(H,95,116)(H,96,115)(H,97,114)(H,106,107)(H,108,109)(H,121,125)(H4,84,85,86)/t49-,57-,58+,59-,60-,61-,62-,63-,64-,65-,71-,124?/m0/s1. The number of carbonyl (C=O) groups excluding carboxylic acids is 14. The van der Waals surface area contributed by atoms with Crippen LogP contribution in [0.25, 0.3) is 10.9 Å². The first-order valence-electron chi connectivity index (χ1n) is 40.4. The number of likely N-dealkylation sites (N-methyl/N-ethyl adjacent to an activating group) is 3. The van der Waals surface area contributed by atoms with Gasteiger partial charge in [0.05, 0.1) is 38.5 Å². The monoisotopic (exact) mass is 1800 g/mol. The molecule has 0 bridgehead atoms. The molecule has 2 aliphatic rings. The molecule has 680 valence electrons. The Morgan fingerprint density at radius 3 is 1.87 bits per heavy atom. The summed E-state index contributed by atoms with van der Waals surface area (Å²) >= 11 is 5.95.